The highest BCUT2D eigenvalue weighted by molar-refractivity contribution is 6.25. The van der Waals surface area contributed by atoms with E-state index < -0.39 is 35.5 Å². The summed E-state index contributed by atoms with van der Waals surface area (Å²) in [6, 6.07) is 8.75. The molecule has 2 aromatic carbocycles. The summed E-state index contributed by atoms with van der Waals surface area (Å²) in [5.41, 5.74) is 2.01. The van der Waals surface area contributed by atoms with E-state index in [2.05, 4.69) is 10.3 Å². The summed E-state index contributed by atoms with van der Waals surface area (Å²) in [7, 11) is 0. The van der Waals surface area contributed by atoms with Gasteiger partial charge in [-0.3, -0.25) is 14.6 Å². The van der Waals surface area contributed by atoms with Crippen LogP contribution in [0.1, 0.15) is 11.1 Å². The number of nitrogens with zero attached hydrogens (tertiary/aromatic N) is 4. The molecule has 2 aliphatic heterocycles. The van der Waals surface area contributed by atoms with Crippen molar-refractivity contribution in [2.24, 2.45) is 10.3 Å². The van der Waals surface area contributed by atoms with Crippen LogP contribution in [-0.2, 0) is 16.1 Å². The largest absolute Gasteiger partial charge is 0.271 e. The van der Waals surface area contributed by atoms with Gasteiger partial charge in [-0.2, -0.15) is 5.11 Å². The van der Waals surface area contributed by atoms with Crippen molar-refractivity contribution in [1.29, 1.82) is 0 Å². The van der Waals surface area contributed by atoms with Crippen LogP contribution < -0.4 is 4.90 Å². The lowest BCUT2D eigenvalue weighted by Crippen LogP contribution is -2.39. The first-order valence-corrected chi connectivity index (χ1v) is 8.01. The Kier molecular flexibility index (Phi) is 3.75. The second-order valence-electron chi connectivity index (χ2n) is 6.29. The van der Waals surface area contributed by atoms with Crippen LogP contribution in [0.5, 0.6) is 0 Å². The molecule has 2 atom stereocenters. The Hall–Kier alpha value is -3.16. The molecule has 0 bridgehead atoms. The van der Waals surface area contributed by atoms with Gasteiger partial charge in [-0.1, -0.05) is 35.1 Å². The molecule has 2 amide bonds. The number of imide groups is 1. The molecule has 0 aromatic heterocycles. The van der Waals surface area contributed by atoms with Gasteiger partial charge in [-0.05, 0) is 24.6 Å². The Balaban J connectivity index is 1.60. The summed E-state index contributed by atoms with van der Waals surface area (Å²) in [6.45, 7) is 2.28. The van der Waals surface area contributed by atoms with Crippen LogP contribution in [0.3, 0.4) is 0 Å². The Labute approximate surface area is 147 Å². The number of fused-ring (bicyclic) bond motifs is 1. The first kappa shape index (κ1) is 16.3. The third kappa shape index (κ3) is 2.54. The molecule has 0 radical (unpaired) electrons. The highest BCUT2D eigenvalue weighted by atomic mass is 19.2. The maximum atomic E-state index is 13.5. The number of rotatable bonds is 3. The zero-order chi connectivity index (χ0) is 18.4. The predicted molar refractivity (Wildman–Crippen MR) is 88.0 cm³/mol. The van der Waals surface area contributed by atoms with Crippen molar-refractivity contribution in [2.75, 3.05) is 4.90 Å². The lowest BCUT2D eigenvalue weighted by atomic mass is 10.1. The molecule has 132 valence electrons. The number of amides is 2. The van der Waals surface area contributed by atoms with Gasteiger partial charge in [0.2, 0.25) is 0 Å². The first-order chi connectivity index (χ1) is 12.5. The molecule has 0 aliphatic carbocycles. The van der Waals surface area contributed by atoms with Crippen molar-refractivity contribution in [2.45, 2.75) is 25.6 Å². The summed E-state index contributed by atoms with van der Waals surface area (Å²) in [6.07, 6.45) is 0. The monoisotopic (exact) mass is 356 g/mol. The normalized spacial score (nSPS) is 21.7. The van der Waals surface area contributed by atoms with Gasteiger partial charge < -0.3 is 0 Å². The Morgan fingerprint density at radius 2 is 1.73 bits per heavy atom. The molecule has 2 heterocycles. The van der Waals surface area contributed by atoms with Crippen molar-refractivity contribution < 1.29 is 18.4 Å². The number of hydrogen-bond acceptors (Lipinski definition) is 5. The lowest BCUT2D eigenvalue weighted by molar-refractivity contribution is -0.123. The maximum absolute atomic E-state index is 13.5. The minimum absolute atomic E-state index is 0.0150. The molecule has 4 rings (SSSR count). The van der Waals surface area contributed by atoms with Crippen LogP contribution in [-0.4, -0.2) is 28.9 Å². The zero-order valence-corrected chi connectivity index (χ0v) is 13.8. The SMILES string of the molecule is Cc1ccc(CN2N=N[C@H]3C(=O)N(c4ccc(F)c(F)c4)C(=O)[C@@H]32)cc1. The van der Waals surface area contributed by atoms with E-state index in [0.29, 0.717) is 6.54 Å². The van der Waals surface area contributed by atoms with E-state index in [1.165, 1.54) is 11.1 Å². The molecule has 0 N–H and O–H groups in total. The molecule has 2 aromatic rings. The van der Waals surface area contributed by atoms with Gasteiger partial charge in [-0.15, -0.1) is 0 Å². The van der Waals surface area contributed by atoms with Gasteiger partial charge in [0.15, 0.2) is 23.7 Å². The van der Waals surface area contributed by atoms with E-state index in [0.717, 1.165) is 28.2 Å². The van der Waals surface area contributed by atoms with Crippen LogP contribution in [0.2, 0.25) is 0 Å². The maximum Gasteiger partial charge on any atom is 0.263 e. The molecule has 0 unspecified atom stereocenters. The molecule has 8 heteroatoms. The highest BCUT2D eigenvalue weighted by Crippen LogP contribution is 2.33. The molecule has 6 nitrogen and oxygen atoms in total. The smallest absolute Gasteiger partial charge is 0.263 e. The third-order valence-corrected chi connectivity index (χ3v) is 4.48. The number of benzene rings is 2. The van der Waals surface area contributed by atoms with Crippen LogP contribution in [0.4, 0.5) is 14.5 Å². The van der Waals surface area contributed by atoms with Gasteiger partial charge in [0.25, 0.3) is 11.8 Å². The number of hydrogen-bond donors (Lipinski definition) is 0. The van der Waals surface area contributed by atoms with Gasteiger partial charge in [0.05, 0.1) is 12.2 Å². The minimum atomic E-state index is -1.13. The molecule has 1 saturated heterocycles. The summed E-state index contributed by atoms with van der Waals surface area (Å²) in [4.78, 5) is 26.2. The number of carbonyl (C=O) groups is 2. The van der Waals surface area contributed by atoms with E-state index in [9.17, 15) is 18.4 Å². The fourth-order valence-electron chi connectivity index (χ4n) is 3.11. The Morgan fingerprint density at radius 1 is 1.00 bits per heavy atom. The summed E-state index contributed by atoms with van der Waals surface area (Å²) in [5, 5.41) is 9.32. The number of anilines is 1. The van der Waals surface area contributed by atoms with E-state index in [1.54, 1.807) is 0 Å². The molecular weight excluding hydrogens is 342 g/mol. The number of carbonyl (C=O) groups excluding carboxylic acids is 2. The van der Waals surface area contributed by atoms with Crippen LogP contribution in [0.15, 0.2) is 52.8 Å². The van der Waals surface area contributed by atoms with Gasteiger partial charge >= 0.3 is 0 Å². The third-order valence-electron chi connectivity index (χ3n) is 4.48. The fraction of sp³-hybridized carbons (Fsp3) is 0.222. The quantitative estimate of drug-likeness (QED) is 0.795. The average Bonchev–Trinajstić information content (AvgIpc) is 3.13. The van der Waals surface area contributed by atoms with Crippen molar-refractivity contribution in [3.05, 3.63) is 65.2 Å². The lowest BCUT2D eigenvalue weighted by Gasteiger charge is -2.20. The van der Waals surface area contributed by atoms with Crippen LogP contribution in [0, 0.1) is 18.6 Å². The molecule has 26 heavy (non-hydrogen) atoms. The topological polar surface area (TPSA) is 65.3 Å². The number of aryl methyl sites for hydroxylation is 1. The van der Waals surface area contributed by atoms with Crippen molar-refractivity contribution >= 4 is 17.5 Å². The highest BCUT2D eigenvalue weighted by Gasteiger charge is 2.54. The number of halogens is 2. The summed E-state index contributed by atoms with van der Waals surface area (Å²) < 4.78 is 26.6. The van der Waals surface area contributed by atoms with Gasteiger partial charge in [0.1, 0.15) is 0 Å². The molecule has 0 spiro atoms. The first-order valence-electron chi connectivity index (χ1n) is 8.01. The van der Waals surface area contributed by atoms with E-state index in [4.69, 9.17) is 0 Å². The summed E-state index contributed by atoms with van der Waals surface area (Å²) in [5.74, 6) is -3.32. The van der Waals surface area contributed by atoms with E-state index >= 15 is 0 Å². The standard InChI is InChI=1S/C18H14F2N4O2/c1-10-2-4-11(5-3-10)9-23-16-15(21-22-23)17(25)24(18(16)26)12-6-7-13(19)14(20)8-12/h2-8,15-16H,9H2,1H3/t15-,16-/m1/s1. The predicted octanol–water partition coefficient (Wildman–Crippen LogP) is 2.77. The van der Waals surface area contributed by atoms with Crippen LogP contribution >= 0.6 is 0 Å². The van der Waals surface area contributed by atoms with Gasteiger partial charge in [0, 0.05) is 6.07 Å². The Bertz CT molecular complexity index is 929. The molecule has 1 fully saturated rings. The van der Waals surface area contributed by atoms with Gasteiger partial charge in [-0.25, -0.2) is 13.7 Å². The van der Waals surface area contributed by atoms with Crippen LogP contribution in [0.25, 0.3) is 0 Å². The van der Waals surface area contributed by atoms with E-state index in [-0.39, 0.29) is 5.69 Å². The molecular formula is C18H14F2N4O2. The summed E-state index contributed by atoms with van der Waals surface area (Å²) >= 11 is 0. The average molecular weight is 356 g/mol. The van der Waals surface area contributed by atoms with E-state index in [1.807, 2.05) is 31.2 Å². The minimum Gasteiger partial charge on any atom is -0.271 e. The zero-order valence-electron chi connectivity index (χ0n) is 13.8. The van der Waals surface area contributed by atoms with Crippen molar-refractivity contribution in [3.8, 4) is 0 Å². The Morgan fingerprint density at radius 3 is 2.42 bits per heavy atom. The van der Waals surface area contributed by atoms with Crippen molar-refractivity contribution in [3.63, 3.8) is 0 Å². The fourth-order valence-corrected chi connectivity index (χ4v) is 3.11. The second-order valence-corrected chi connectivity index (χ2v) is 6.29. The molecule has 2 aliphatic rings. The second kappa shape index (κ2) is 5.98. The van der Waals surface area contributed by atoms with Crippen molar-refractivity contribution in [1.82, 2.24) is 5.01 Å². The molecule has 0 saturated carbocycles.